The average molecular weight is 352 g/mol. The summed E-state index contributed by atoms with van der Waals surface area (Å²) >= 11 is 0. The summed E-state index contributed by atoms with van der Waals surface area (Å²) < 4.78 is 0. The molecule has 0 saturated heterocycles. The van der Waals surface area contributed by atoms with Crippen LogP contribution in [0.25, 0.3) is 0 Å². The summed E-state index contributed by atoms with van der Waals surface area (Å²) in [6.07, 6.45) is 10.1. The lowest BCUT2D eigenvalue weighted by atomic mass is 10.1. The van der Waals surface area contributed by atoms with Crippen molar-refractivity contribution in [2.45, 2.75) is 38.1 Å². The highest BCUT2D eigenvalue weighted by molar-refractivity contribution is 5.98. The fraction of sp³-hybridized carbons (Fsp3) is 0.400. The van der Waals surface area contributed by atoms with Crippen LogP contribution in [-0.4, -0.2) is 46.3 Å². The van der Waals surface area contributed by atoms with E-state index in [1.54, 1.807) is 36.5 Å². The second-order valence-electron chi connectivity index (χ2n) is 6.72. The number of rotatable bonds is 6. The Hall–Kier alpha value is -2.76. The maximum absolute atomic E-state index is 12.6. The van der Waals surface area contributed by atoms with Gasteiger partial charge in [0.2, 0.25) is 0 Å². The van der Waals surface area contributed by atoms with E-state index in [1.165, 1.54) is 6.20 Å². The van der Waals surface area contributed by atoms with Crippen LogP contribution in [0.5, 0.6) is 0 Å². The summed E-state index contributed by atoms with van der Waals surface area (Å²) in [6.45, 7) is 0.572. The third-order valence-electron chi connectivity index (χ3n) is 4.76. The molecule has 2 heterocycles. The van der Waals surface area contributed by atoms with Crippen molar-refractivity contribution in [2.75, 3.05) is 13.6 Å². The minimum atomic E-state index is -0.186. The molecule has 136 valence electrons. The van der Waals surface area contributed by atoms with Crippen LogP contribution < -0.4 is 5.32 Å². The molecule has 2 aromatic heterocycles. The normalized spacial score (nSPS) is 14.2. The van der Waals surface area contributed by atoms with Gasteiger partial charge in [0.15, 0.2) is 0 Å². The van der Waals surface area contributed by atoms with Crippen molar-refractivity contribution in [1.82, 2.24) is 20.2 Å². The highest BCUT2D eigenvalue weighted by Gasteiger charge is 2.20. The summed E-state index contributed by atoms with van der Waals surface area (Å²) in [5.74, 6) is -0.317. The average Bonchev–Trinajstić information content (AvgIpc) is 3.19. The van der Waals surface area contributed by atoms with Gasteiger partial charge in [-0.1, -0.05) is 12.8 Å². The van der Waals surface area contributed by atoms with Gasteiger partial charge in [-0.15, -0.1) is 0 Å². The minimum absolute atomic E-state index is 0.132. The first-order chi connectivity index (χ1) is 12.6. The van der Waals surface area contributed by atoms with Crippen molar-refractivity contribution in [2.24, 2.45) is 0 Å². The van der Waals surface area contributed by atoms with Crippen molar-refractivity contribution in [3.63, 3.8) is 0 Å². The van der Waals surface area contributed by atoms with Crippen LogP contribution in [0.2, 0.25) is 0 Å². The number of nitrogens with one attached hydrogen (secondary N) is 1. The summed E-state index contributed by atoms with van der Waals surface area (Å²) in [4.78, 5) is 34.8. The van der Waals surface area contributed by atoms with Gasteiger partial charge in [-0.05, 0) is 49.1 Å². The molecule has 1 aliphatic carbocycles. The quantitative estimate of drug-likeness (QED) is 0.866. The van der Waals surface area contributed by atoms with E-state index in [-0.39, 0.29) is 17.9 Å². The molecule has 6 nitrogen and oxygen atoms in total. The molecule has 1 fully saturated rings. The summed E-state index contributed by atoms with van der Waals surface area (Å²) in [5.41, 5.74) is 1.90. The molecule has 0 spiro atoms. The summed E-state index contributed by atoms with van der Waals surface area (Å²) in [6, 6.07) is 7.35. The van der Waals surface area contributed by atoms with Crippen molar-refractivity contribution in [3.05, 3.63) is 59.7 Å². The summed E-state index contributed by atoms with van der Waals surface area (Å²) in [5, 5.41) is 3.04. The first kappa shape index (κ1) is 18.0. The third kappa shape index (κ3) is 4.65. The molecule has 0 unspecified atom stereocenters. The number of carbonyl (C=O) groups excluding carboxylic acids is 2. The number of likely N-dealkylation sites (N-methyl/N-ethyl adjacent to an activating group) is 1. The Morgan fingerprint density at radius 1 is 1.15 bits per heavy atom. The molecule has 2 amide bonds. The van der Waals surface area contributed by atoms with Gasteiger partial charge in [-0.3, -0.25) is 19.6 Å². The number of carbonyl (C=O) groups is 2. The van der Waals surface area contributed by atoms with Gasteiger partial charge in [-0.2, -0.15) is 0 Å². The maximum atomic E-state index is 12.6. The predicted octanol–water partition coefficient (Wildman–Crippen LogP) is 2.46. The van der Waals surface area contributed by atoms with Gasteiger partial charge in [0, 0.05) is 43.8 Å². The van der Waals surface area contributed by atoms with Gasteiger partial charge in [0.05, 0.1) is 0 Å². The Morgan fingerprint density at radius 2 is 1.88 bits per heavy atom. The molecular weight excluding hydrogens is 328 g/mol. The van der Waals surface area contributed by atoms with Gasteiger partial charge in [0.25, 0.3) is 11.8 Å². The van der Waals surface area contributed by atoms with Crippen molar-refractivity contribution < 1.29 is 9.59 Å². The first-order valence-electron chi connectivity index (χ1n) is 9.05. The van der Waals surface area contributed by atoms with E-state index in [0.29, 0.717) is 17.8 Å². The van der Waals surface area contributed by atoms with E-state index in [4.69, 9.17) is 0 Å². The van der Waals surface area contributed by atoms with Crippen LogP contribution in [0.1, 0.15) is 52.1 Å². The number of aromatic nitrogens is 2. The van der Waals surface area contributed by atoms with E-state index in [1.807, 2.05) is 12.1 Å². The van der Waals surface area contributed by atoms with Crippen LogP contribution in [0.3, 0.4) is 0 Å². The highest BCUT2D eigenvalue weighted by Crippen LogP contribution is 2.18. The highest BCUT2D eigenvalue weighted by atomic mass is 16.2. The van der Waals surface area contributed by atoms with Crippen LogP contribution in [0, 0.1) is 0 Å². The van der Waals surface area contributed by atoms with Gasteiger partial charge in [0.1, 0.15) is 5.69 Å². The predicted molar refractivity (Wildman–Crippen MR) is 98.9 cm³/mol. The maximum Gasteiger partial charge on any atom is 0.272 e. The van der Waals surface area contributed by atoms with E-state index in [9.17, 15) is 9.59 Å². The standard InChI is InChI=1S/C20H24N4O2/c1-24(13-9-15-6-10-21-11-7-15)20(26)18-14-16(8-12-22-18)19(25)23-17-4-2-3-5-17/h6-8,10-12,14,17H,2-5,9,13H2,1H3,(H,23,25). The zero-order valence-corrected chi connectivity index (χ0v) is 15.0. The molecular formula is C20H24N4O2. The number of amides is 2. The lowest BCUT2D eigenvalue weighted by Crippen LogP contribution is -2.33. The molecule has 0 bridgehead atoms. The lowest BCUT2D eigenvalue weighted by Gasteiger charge is -2.17. The molecule has 0 atom stereocenters. The van der Waals surface area contributed by atoms with Crippen LogP contribution in [-0.2, 0) is 6.42 Å². The second kappa shape index (κ2) is 8.56. The topological polar surface area (TPSA) is 75.2 Å². The number of hydrogen-bond donors (Lipinski definition) is 1. The van der Waals surface area contributed by atoms with E-state index >= 15 is 0 Å². The molecule has 1 N–H and O–H groups in total. The number of hydrogen-bond acceptors (Lipinski definition) is 4. The van der Waals surface area contributed by atoms with E-state index in [2.05, 4.69) is 15.3 Å². The van der Waals surface area contributed by atoms with Crippen LogP contribution in [0.15, 0.2) is 42.9 Å². The van der Waals surface area contributed by atoms with Crippen LogP contribution >= 0.6 is 0 Å². The van der Waals surface area contributed by atoms with E-state index < -0.39 is 0 Å². The number of nitrogens with zero attached hydrogens (tertiary/aromatic N) is 3. The lowest BCUT2D eigenvalue weighted by molar-refractivity contribution is 0.0791. The van der Waals surface area contributed by atoms with Gasteiger partial charge >= 0.3 is 0 Å². The molecule has 3 rings (SSSR count). The van der Waals surface area contributed by atoms with Crippen molar-refractivity contribution >= 4 is 11.8 Å². The first-order valence-corrected chi connectivity index (χ1v) is 9.05. The molecule has 6 heteroatoms. The fourth-order valence-corrected chi connectivity index (χ4v) is 3.17. The minimum Gasteiger partial charge on any atom is -0.349 e. The van der Waals surface area contributed by atoms with Crippen molar-refractivity contribution in [1.29, 1.82) is 0 Å². The molecule has 1 saturated carbocycles. The van der Waals surface area contributed by atoms with Crippen LogP contribution in [0.4, 0.5) is 0 Å². The fourth-order valence-electron chi connectivity index (χ4n) is 3.17. The van der Waals surface area contributed by atoms with E-state index in [0.717, 1.165) is 37.7 Å². The second-order valence-corrected chi connectivity index (χ2v) is 6.72. The molecule has 0 radical (unpaired) electrons. The third-order valence-corrected chi connectivity index (χ3v) is 4.76. The Balaban J connectivity index is 1.60. The molecule has 1 aliphatic rings. The Kier molecular flexibility index (Phi) is 5.94. The smallest absolute Gasteiger partial charge is 0.272 e. The molecule has 2 aromatic rings. The SMILES string of the molecule is CN(CCc1ccncc1)C(=O)c1cc(C(=O)NC2CCCC2)ccn1. The molecule has 0 aliphatic heterocycles. The Morgan fingerprint density at radius 3 is 2.62 bits per heavy atom. The van der Waals surface area contributed by atoms with Gasteiger partial charge < -0.3 is 10.2 Å². The molecule has 26 heavy (non-hydrogen) atoms. The largest absolute Gasteiger partial charge is 0.349 e. The monoisotopic (exact) mass is 352 g/mol. The van der Waals surface area contributed by atoms with Crippen molar-refractivity contribution in [3.8, 4) is 0 Å². The Labute approximate surface area is 153 Å². The zero-order chi connectivity index (χ0) is 18.4. The summed E-state index contributed by atoms with van der Waals surface area (Å²) in [7, 11) is 1.75. The Bertz CT molecular complexity index is 757. The zero-order valence-electron chi connectivity index (χ0n) is 15.0. The van der Waals surface area contributed by atoms with Gasteiger partial charge in [-0.25, -0.2) is 0 Å². The number of pyridine rings is 2. The molecule has 0 aromatic carbocycles.